The smallest absolute Gasteiger partial charge is 0.241 e. The molecule has 0 radical (unpaired) electrons. The minimum absolute atomic E-state index is 0.276. The normalized spacial score (nSPS) is 23.4. The van der Waals surface area contributed by atoms with Crippen LogP contribution in [0.3, 0.4) is 0 Å². The average Bonchev–Trinajstić information content (AvgIpc) is 2.84. The molecule has 132 valence electrons. The van der Waals surface area contributed by atoms with Crippen molar-refractivity contribution in [1.29, 1.82) is 0 Å². The number of fused-ring (bicyclic) bond motifs is 1. The average molecular weight is 357 g/mol. The lowest BCUT2D eigenvalue weighted by molar-refractivity contribution is 0.0525. The lowest BCUT2D eigenvalue weighted by Crippen LogP contribution is -2.45. The fourth-order valence-electron chi connectivity index (χ4n) is 2.68. The third-order valence-electron chi connectivity index (χ3n) is 4.54. The summed E-state index contributed by atoms with van der Waals surface area (Å²) in [4.78, 5) is 8.53. The number of nitrogens with one attached hydrogen (secondary N) is 2. The van der Waals surface area contributed by atoms with Crippen molar-refractivity contribution in [3.05, 3.63) is 17.2 Å². The molecular formula is C15H22ClFN6O. The van der Waals surface area contributed by atoms with E-state index < -0.39 is 11.8 Å². The topological polar surface area (TPSA) is 87.4 Å². The molecule has 3 rings (SSSR count). The van der Waals surface area contributed by atoms with Gasteiger partial charge in [-0.05, 0) is 26.8 Å². The van der Waals surface area contributed by atoms with E-state index in [9.17, 15) is 9.50 Å². The van der Waals surface area contributed by atoms with Gasteiger partial charge in [0.05, 0.1) is 17.8 Å². The molecule has 1 saturated heterocycles. The summed E-state index contributed by atoms with van der Waals surface area (Å²) in [7, 11) is 0. The Hall–Kier alpha value is -1.51. The van der Waals surface area contributed by atoms with Crippen LogP contribution in [-0.2, 0) is 0 Å². The Morgan fingerprint density at radius 1 is 1.54 bits per heavy atom. The standard InChI is InChI=1S/C15H22ClFN6O/c1-8(15(2,3)24)13-21-12(16)11-7-19-14(22-23(11)13)20-10-4-5-18-6-9(10)17/h7-10,18,24H,4-6H2,1-3H3,(H,20,22)/t8?,9-,10+/m1/s1. The lowest BCUT2D eigenvalue weighted by atomic mass is 9.92. The maximum atomic E-state index is 14.0. The highest BCUT2D eigenvalue weighted by molar-refractivity contribution is 6.32. The van der Waals surface area contributed by atoms with Crippen LogP contribution in [0.1, 0.15) is 38.9 Å². The number of imidazole rings is 1. The lowest BCUT2D eigenvalue weighted by Gasteiger charge is -2.27. The third kappa shape index (κ3) is 3.31. The van der Waals surface area contributed by atoms with E-state index in [1.807, 2.05) is 6.92 Å². The summed E-state index contributed by atoms with van der Waals surface area (Å²) in [5, 5.41) is 21.0. The van der Waals surface area contributed by atoms with Crippen molar-refractivity contribution in [2.45, 2.75) is 50.9 Å². The van der Waals surface area contributed by atoms with E-state index in [0.717, 1.165) is 6.54 Å². The Balaban J connectivity index is 1.94. The highest BCUT2D eigenvalue weighted by atomic mass is 35.5. The van der Waals surface area contributed by atoms with Crippen molar-refractivity contribution in [2.75, 3.05) is 18.4 Å². The number of aromatic nitrogens is 4. The van der Waals surface area contributed by atoms with Crippen LogP contribution < -0.4 is 10.6 Å². The van der Waals surface area contributed by atoms with Gasteiger partial charge >= 0.3 is 0 Å². The van der Waals surface area contributed by atoms with Gasteiger partial charge in [0.2, 0.25) is 5.95 Å². The molecule has 0 amide bonds. The van der Waals surface area contributed by atoms with Gasteiger partial charge in [-0.3, -0.25) is 0 Å². The zero-order valence-electron chi connectivity index (χ0n) is 13.9. The molecule has 0 aromatic carbocycles. The van der Waals surface area contributed by atoms with E-state index in [4.69, 9.17) is 11.6 Å². The largest absolute Gasteiger partial charge is 0.390 e. The zero-order chi connectivity index (χ0) is 17.5. The zero-order valence-corrected chi connectivity index (χ0v) is 14.7. The first-order valence-corrected chi connectivity index (χ1v) is 8.40. The quantitative estimate of drug-likeness (QED) is 0.773. The Labute approximate surface area is 144 Å². The van der Waals surface area contributed by atoms with Gasteiger partial charge < -0.3 is 15.7 Å². The number of hydrogen-bond donors (Lipinski definition) is 3. The van der Waals surface area contributed by atoms with E-state index >= 15 is 0 Å². The molecule has 7 nitrogen and oxygen atoms in total. The van der Waals surface area contributed by atoms with Crippen molar-refractivity contribution in [3.8, 4) is 0 Å². The molecule has 1 aliphatic heterocycles. The van der Waals surface area contributed by atoms with Gasteiger partial charge in [-0.2, -0.15) is 0 Å². The second kappa shape index (κ2) is 6.42. The predicted molar refractivity (Wildman–Crippen MR) is 90.3 cm³/mol. The van der Waals surface area contributed by atoms with Crippen LogP contribution in [-0.4, -0.2) is 55.6 Å². The number of anilines is 1. The number of halogens is 2. The number of alkyl halides is 1. The molecule has 3 heterocycles. The summed E-state index contributed by atoms with van der Waals surface area (Å²) in [6, 6.07) is -0.335. The van der Waals surface area contributed by atoms with Crippen molar-refractivity contribution >= 4 is 23.1 Å². The molecule has 0 aliphatic carbocycles. The monoisotopic (exact) mass is 356 g/mol. The molecule has 0 saturated carbocycles. The Kier molecular flexibility index (Phi) is 4.63. The summed E-state index contributed by atoms with van der Waals surface area (Å²) in [6.07, 6.45) is 1.21. The number of hydrogen-bond acceptors (Lipinski definition) is 6. The first-order valence-electron chi connectivity index (χ1n) is 8.02. The number of piperidine rings is 1. The molecule has 1 fully saturated rings. The van der Waals surface area contributed by atoms with Crippen LogP contribution >= 0.6 is 11.6 Å². The molecule has 3 N–H and O–H groups in total. The maximum absolute atomic E-state index is 14.0. The molecule has 9 heteroatoms. The number of nitrogens with zero attached hydrogens (tertiary/aromatic N) is 4. The highest BCUT2D eigenvalue weighted by Crippen LogP contribution is 2.29. The fraction of sp³-hybridized carbons (Fsp3) is 0.667. The van der Waals surface area contributed by atoms with E-state index in [1.165, 1.54) is 0 Å². The first-order chi connectivity index (χ1) is 11.3. The van der Waals surface area contributed by atoms with E-state index in [2.05, 4.69) is 25.7 Å². The summed E-state index contributed by atoms with van der Waals surface area (Å²) in [6.45, 7) is 6.33. The molecule has 0 bridgehead atoms. The van der Waals surface area contributed by atoms with E-state index in [-0.39, 0.29) is 17.1 Å². The summed E-state index contributed by atoms with van der Waals surface area (Å²) in [5.74, 6) is 0.554. The minimum Gasteiger partial charge on any atom is -0.390 e. The maximum Gasteiger partial charge on any atom is 0.241 e. The van der Waals surface area contributed by atoms with Crippen LogP contribution in [0.2, 0.25) is 5.15 Å². The minimum atomic E-state index is -1.00. The SMILES string of the molecule is CC(c1nc(Cl)c2cnc(N[C@H]3CCNC[C@H]3F)nn12)C(C)(C)O. The van der Waals surface area contributed by atoms with Crippen LogP contribution in [0.15, 0.2) is 6.20 Å². The van der Waals surface area contributed by atoms with Crippen molar-refractivity contribution in [3.63, 3.8) is 0 Å². The molecule has 3 atom stereocenters. The molecule has 0 spiro atoms. The molecule has 2 aromatic rings. The Morgan fingerprint density at radius 2 is 2.29 bits per heavy atom. The predicted octanol–water partition coefficient (Wildman–Crippen LogP) is 1.76. The van der Waals surface area contributed by atoms with E-state index in [1.54, 1.807) is 24.6 Å². The molecular weight excluding hydrogens is 335 g/mol. The first kappa shape index (κ1) is 17.3. The van der Waals surface area contributed by atoms with Crippen LogP contribution in [0.5, 0.6) is 0 Å². The van der Waals surface area contributed by atoms with Gasteiger partial charge in [-0.15, -0.1) is 5.10 Å². The summed E-state index contributed by atoms with van der Waals surface area (Å²) >= 11 is 6.16. The van der Waals surface area contributed by atoms with Crippen molar-refractivity contribution < 1.29 is 9.50 Å². The number of rotatable bonds is 4. The molecule has 1 unspecified atom stereocenters. The second-order valence-corrected chi connectivity index (χ2v) is 7.13. The van der Waals surface area contributed by atoms with Crippen LogP contribution in [0.25, 0.3) is 5.52 Å². The highest BCUT2D eigenvalue weighted by Gasteiger charge is 2.30. The van der Waals surface area contributed by atoms with Crippen LogP contribution in [0, 0.1) is 0 Å². The molecule has 1 aliphatic rings. The van der Waals surface area contributed by atoms with Gasteiger partial charge in [-0.1, -0.05) is 18.5 Å². The van der Waals surface area contributed by atoms with Gasteiger partial charge in [-0.25, -0.2) is 18.9 Å². The van der Waals surface area contributed by atoms with Gasteiger partial charge in [0.15, 0.2) is 5.15 Å². The fourth-order valence-corrected chi connectivity index (χ4v) is 2.90. The summed E-state index contributed by atoms with van der Waals surface area (Å²) in [5.41, 5.74) is -0.433. The van der Waals surface area contributed by atoms with Gasteiger partial charge in [0, 0.05) is 12.5 Å². The molecule has 24 heavy (non-hydrogen) atoms. The Morgan fingerprint density at radius 3 is 2.96 bits per heavy atom. The summed E-state index contributed by atoms with van der Waals surface area (Å²) < 4.78 is 15.5. The van der Waals surface area contributed by atoms with Gasteiger partial charge in [0.25, 0.3) is 0 Å². The van der Waals surface area contributed by atoms with Gasteiger partial charge in [0.1, 0.15) is 17.5 Å². The van der Waals surface area contributed by atoms with Crippen molar-refractivity contribution in [1.82, 2.24) is 24.9 Å². The van der Waals surface area contributed by atoms with Crippen LogP contribution in [0.4, 0.5) is 10.3 Å². The third-order valence-corrected chi connectivity index (χ3v) is 4.82. The Bertz CT molecular complexity index is 731. The van der Waals surface area contributed by atoms with Crippen molar-refractivity contribution in [2.24, 2.45) is 0 Å². The van der Waals surface area contributed by atoms with E-state index in [0.29, 0.717) is 30.3 Å². The second-order valence-electron chi connectivity index (χ2n) is 6.77. The number of aliphatic hydroxyl groups is 1. The molecule has 2 aromatic heterocycles.